The number of benzene rings is 2. The predicted molar refractivity (Wildman–Crippen MR) is 188 cm³/mol. The van der Waals surface area contributed by atoms with Crippen LogP contribution in [0.15, 0.2) is 48.5 Å². The van der Waals surface area contributed by atoms with Crippen LogP contribution >= 0.6 is 8.25 Å². The lowest BCUT2D eigenvalue weighted by molar-refractivity contribution is 0.211. The minimum absolute atomic E-state index is 0.109. The highest BCUT2D eigenvalue weighted by molar-refractivity contribution is 7.92. The topological polar surface area (TPSA) is 162 Å². The molecule has 0 N–H and O–H groups in total. The fourth-order valence-corrected chi connectivity index (χ4v) is 6.16. The van der Waals surface area contributed by atoms with Crippen molar-refractivity contribution in [1.82, 2.24) is 19.9 Å². The lowest BCUT2D eigenvalue weighted by atomic mass is 9.99. The van der Waals surface area contributed by atoms with Gasteiger partial charge in [-0.25, -0.2) is 54.2 Å². The zero-order valence-electron chi connectivity index (χ0n) is 28.8. The maximum atomic E-state index is 13.8. The summed E-state index contributed by atoms with van der Waals surface area (Å²) in [5.41, 5.74) is 3.02. The van der Waals surface area contributed by atoms with E-state index in [2.05, 4.69) is 19.9 Å². The van der Waals surface area contributed by atoms with E-state index in [0.29, 0.717) is 33.6 Å². The Morgan fingerprint density at radius 2 is 0.960 bits per heavy atom. The average Bonchev–Trinajstić information content (AvgIpc) is 3.04. The Hall–Kier alpha value is -3.89. The van der Waals surface area contributed by atoms with Crippen LogP contribution in [-0.2, 0) is 46.9 Å². The Bertz CT molecular complexity index is 1950. The van der Waals surface area contributed by atoms with Crippen molar-refractivity contribution in [3.8, 4) is 22.5 Å². The van der Waals surface area contributed by atoms with E-state index in [1.165, 1.54) is 62.6 Å². The fraction of sp³-hybridized carbons (Fsp3) is 0.375. The number of halogens is 2. The molecule has 0 atom stereocenters. The maximum absolute atomic E-state index is 13.8. The van der Waals surface area contributed by atoms with Gasteiger partial charge in [-0.15, -0.1) is 0 Å². The van der Waals surface area contributed by atoms with Gasteiger partial charge in [0.05, 0.1) is 48.5 Å². The largest absolute Gasteiger partial charge is 0.319 e. The highest BCUT2D eigenvalue weighted by atomic mass is 32.2. The summed E-state index contributed by atoms with van der Waals surface area (Å²) >= 11 is 0. The van der Waals surface area contributed by atoms with Crippen LogP contribution in [0.25, 0.3) is 22.5 Å². The molecule has 0 saturated heterocycles. The monoisotopic (exact) mass is 752 g/mol. The summed E-state index contributed by atoms with van der Waals surface area (Å²) in [4.78, 5) is 18.0. The van der Waals surface area contributed by atoms with Crippen LogP contribution in [0.3, 0.4) is 0 Å². The Balaban J connectivity index is 1.72. The first-order chi connectivity index (χ1) is 23.3. The van der Waals surface area contributed by atoms with Gasteiger partial charge in [-0.3, -0.25) is 4.57 Å². The van der Waals surface area contributed by atoms with Crippen LogP contribution in [0.2, 0.25) is 0 Å². The maximum Gasteiger partial charge on any atom is 0.319 e. The highest BCUT2D eigenvalue weighted by Gasteiger charge is 2.26. The molecule has 0 saturated carbocycles. The molecule has 2 aromatic heterocycles. The Labute approximate surface area is 291 Å². The second-order valence-electron chi connectivity index (χ2n) is 12.1. The van der Waals surface area contributed by atoms with Crippen molar-refractivity contribution in [3.63, 3.8) is 0 Å². The molecule has 0 bridgehead atoms. The van der Waals surface area contributed by atoms with Crippen molar-refractivity contribution in [2.75, 3.05) is 35.2 Å². The van der Waals surface area contributed by atoms with E-state index in [1.807, 2.05) is 27.7 Å². The molecule has 13 nitrogen and oxygen atoms in total. The fourth-order valence-electron chi connectivity index (χ4n) is 4.79. The van der Waals surface area contributed by atoms with Crippen molar-refractivity contribution in [2.24, 2.45) is 0 Å². The van der Waals surface area contributed by atoms with Gasteiger partial charge in [0.2, 0.25) is 31.9 Å². The lowest BCUT2D eigenvalue weighted by Gasteiger charge is -2.22. The van der Waals surface area contributed by atoms with Crippen LogP contribution in [0.5, 0.6) is 0 Å². The van der Waals surface area contributed by atoms with E-state index < -0.39 is 39.9 Å². The van der Waals surface area contributed by atoms with Gasteiger partial charge < -0.3 is 9.05 Å². The molecule has 0 spiro atoms. The third-order valence-electron chi connectivity index (χ3n) is 7.61. The second kappa shape index (κ2) is 15.6. The number of rotatable bonds is 14. The first-order valence-electron chi connectivity index (χ1n) is 15.3. The van der Waals surface area contributed by atoms with E-state index in [4.69, 9.17) is 9.05 Å². The molecule has 270 valence electrons. The quantitative estimate of drug-likeness (QED) is 0.138. The predicted octanol–water partition coefficient (Wildman–Crippen LogP) is 6.04. The molecule has 0 radical (unpaired) electrons. The highest BCUT2D eigenvalue weighted by Crippen LogP contribution is 2.37. The molecule has 0 aliphatic rings. The molecule has 2 heterocycles. The van der Waals surface area contributed by atoms with E-state index >= 15 is 0 Å². The van der Waals surface area contributed by atoms with Gasteiger partial charge in [-0.05, 0) is 60.4 Å². The smallest absolute Gasteiger partial charge is 0.306 e. The average molecular weight is 753 g/mol. The molecule has 4 aromatic rings. The summed E-state index contributed by atoms with van der Waals surface area (Å²) < 4.78 is 104. The summed E-state index contributed by atoms with van der Waals surface area (Å²) in [7, 11) is -8.12. The van der Waals surface area contributed by atoms with Crippen LogP contribution in [0, 0.1) is 11.6 Å². The Morgan fingerprint density at radius 3 is 1.24 bits per heavy atom. The van der Waals surface area contributed by atoms with Gasteiger partial charge in [0.15, 0.2) is 0 Å². The summed E-state index contributed by atoms with van der Waals surface area (Å²) in [6.45, 7) is 6.71. The van der Waals surface area contributed by atoms with Gasteiger partial charge in [-0.2, -0.15) is 0 Å². The first kappa shape index (κ1) is 38.9. The van der Waals surface area contributed by atoms with Crippen LogP contribution in [0.1, 0.15) is 62.0 Å². The SMILES string of the molecule is CC(C)c1nc(N(C)S(C)(=O)=O)nc(-c2ccc(F)cc2)c1CO[PH](=O)OCc1c(-c2ccc(F)cc2)nc(N(C)S(C)(=O)=O)nc1C(C)C. The summed E-state index contributed by atoms with van der Waals surface area (Å²) in [6.07, 6.45) is 2.02. The first-order valence-corrected chi connectivity index (χ1v) is 20.2. The molecular formula is C32H39F2N6O7PS2. The number of hydrogen-bond donors (Lipinski definition) is 0. The van der Waals surface area contributed by atoms with Crippen molar-refractivity contribution in [2.45, 2.75) is 52.7 Å². The van der Waals surface area contributed by atoms with E-state index in [-0.39, 0.29) is 48.3 Å². The molecule has 0 fully saturated rings. The molecule has 18 heteroatoms. The van der Waals surface area contributed by atoms with E-state index in [1.54, 1.807) is 0 Å². The Morgan fingerprint density at radius 1 is 0.640 bits per heavy atom. The Kier molecular flexibility index (Phi) is 12.1. The van der Waals surface area contributed by atoms with Crippen molar-refractivity contribution in [3.05, 3.63) is 82.7 Å². The van der Waals surface area contributed by atoms with Gasteiger partial charge in [0.1, 0.15) is 11.6 Å². The van der Waals surface area contributed by atoms with Crippen molar-refractivity contribution in [1.29, 1.82) is 0 Å². The molecule has 4 rings (SSSR count). The minimum Gasteiger partial charge on any atom is -0.306 e. The molecule has 0 amide bonds. The zero-order chi connectivity index (χ0) is 37.1. The number of aromatic nitrogens is 4. The van der Waals surface area contributed by atoms with Gasteiger partial charge in [0.25, 0.3) is 0 Å². The molecule has 50 heavy (non-hydrogen) atoms. The van der Waals surface area contributed by atoms with E-state index in [9.17, 15) is 30.2 Å². The van der Waals surface area contributed by atoms with Crippen LogP contribution in [-0.4, -0.2) is 63.4 Å². The lowest BCUT2D eigenvalue weighted by Crippen LogP contribution is -2.28. The van der Waals surface area contributed by atoms with Crippen LogP contribution < -0.4 is 8.61 Å². The van der Waals surface area contributed by atoms with Crippen LogP contribution in [0.4, 0.5) is 20.7 Å². The van der Waals surface area contributed by atoms with Crippen molar-refractivity contribution < 1.29 is 39.2 Å². The number of anilines is 2. The summed E-state index contributed by atoms with van der Waals surface area (Å²) in [6, 6.07) is 10.8. The molecular weight excluding hydrogens is 713 g/mol. The second-order valence-corrected chi connectivity index (χ2v) is 17.2. The standard InChI is InChI=1S/C32H39F2N6O7PS2/c1-19(2)27-25(29(21-9-13-23(33)14-10-21)37-31(35-27)39(5)49(7,42)43)17-46-48(41)47-18-26-28(20(3)4)36-32(40(6)50(8,44)45)38-30(26)22-11-15-24(34)16-12-22/h9-16,19-20,48H,17-18H2,1-8H3. The van der Waals surface area contributed by atoms with Gasteiger partial charge in [0, 0.05) is 36.3 Å². The minimum atomic E-state index is -3.74. The summed E-state index contributed by atoms with van der Waals surface area (Å²) in [5.74, 6) is -1.73. The summed E-state index contributed by atoms with van der Waals surface area (Å²) in [5, 5.41) is 0. The molecule has 0 unspecified atom stereocenters. The zero-order valence-corrected chi connectivity index (χ0v) is 31.4. The van der Waals surface area contributed by atoms with Gasteiger partial charge in [-0.1, -0.05) is 27.7 Å². The van der Waals surface area contributed by atoms with Crippen molar-refractivity contribution >= 4 is 40.2 Å². The van der Waals surface area contributed by atoms with Gasteiger partial charge >= 0.3 is 8.25 Å². The third-order valence-corrected chi connectivity index (χ3v) is 10.7. The third kappa shape index (κ3) is 9.26. The number of nitrogens with zero attached hydrogens (tertiary/aromatic N) is 6. The molecule has 0 aliphatic carbocycles. The van der Waals surface area contributed by atoms with E-state index in [0.717, 1.165) is 21.1 Å². The molecule has 2 aromatic carbocycles. The molecule has 0 aliphatic heterocycles. The number of hydrogen-bond acceptors (Lipinski definition) is 11. The normalized spacial score (nSPS) is 12.3. The number of sulfonamides is 2.